The van der Waals surface area contributed by atoms with Gasteiger partial charge < -0.3 is 15.7 Å². The summed E-state index contributed by atoms with van der Waals surface area (Å²) < 4.78 is 0. The largest absolute Gasteiger partial charge is 0.394 e. The number of carbonyl (C=O) groups excluding carboxylic acids is 1. The van der Waals surface area contributed by atoms with E-state index in [1.54, 1.807) is 17.0 Å². The summed E-state index contributed by atoms with van der Waals surface area (Å²) in [6.45, 7) is 1.27. The van der Waals surface area contributed by atoms with Gasteiger partial charge >= 0.3 is 0 Å². The second kappa shape index (κ2) is 5.29. The van der Waals surface area contributed by atoms with Gasteiger partial charge in [0.2, 0.25) is 0 Å². The van der Waals surface area contributed by atoms with Crippen molar-refractivity contribution >= 4 is 5.91 Å². The van der Waals surface area contributed by atoms with Crippen molar-refractivity contribution in [3.63, 3.8) is 0 Å². The molecule has 1 aromatic rings. The van der Waals surface area contributed by atoms with Gasteiger partial charge in [-0.3, -0.25) is 4.79 Å². The van der Waals surface area contributed by atoms with Gasteiger partial charge in [0.1, 0.15) is 0 Å². The molecule has 1 atom stereocenters. The minimum absolute atomic E-state index is 0.00474. The predicted molar refractivity (Wildman–Crippen MR) is 65.5 cm³/mol. The van der Waals surface area contributed by atoms with Crippen LogP contribution in [0.15, 0.2) is 24.3 Å². The van der Waals surface area contributed by atoms with Crippen LogP contribution in [0.3, 0.4) is 0 Å². The molecular weight excluding hydrogens is 216 g/mol. The Morgan fingerprint density at radius 2 is 2.12 bits per heavy atom. The molecule has 1 heterocycles. The number of likely N-dealkylation sites (tertiary alicyclic amines) is 1. The maximum Gasteiger partial charge on any atom is 0.254 e. The highest BCUT2D eigenvalue weighted by atomic mass is 16.3. The van der Waals surface area contributed by atoms with E-state index in [-0.39, 0.29) is 18.6 Å². The van der Waals surface area contributed by atoms with Crippen molar-refractivity contribution in [3.8, 4) is 0 Å². The molecule has 1 fully saturated rings. The number of nitrogens with zero attached hydrogens (tertiary/aromatic N) is 1. The summed E-state index contributed by atoms with van der Waals surface area (Å²) in [4.78, 5) is 14.0. The smallest absolute Gasteiger partial charge is 0.254 e. The van der Waals surface area contributed by atoms with Gasteiger partial charge in [-0.15, -0.1) is 0 Å². The molecule has 0 radical (unpaired) electrons. The Balaban J connectivity index is 2.13. The van der Waals surface area contributed by atoms with E-state index in [9.17, 15) is 9.90 Å². The molecule has 0 bridgehead atoms. The zero-order chi connectivity index (χ0) is 12.3. The molecule has 0 unspecified atom stereocenters. The Hall–Kier alpha value is -1.39. The van der Waals surface area contributed by atoms with Crippen LogP contribution in [-0.4, -0.2) is 35.1 Å². The number of rotatable bonds is 3. The molecule has 1 saturated heterocycles. The number of aliphatic hydroxyl groups is 1. The molecule has 1 aliphatic rings. The second-order valence-electron chi connectivity index (χ2n) is 4.38. The van der Waals surface area contributed by atoms with Gasteiger partial charge in [-0.2, -0.15) is 0 Å². The summed E-state index contributed by atoms with van der Waals surface area (Å²) in [5.41, 5.74) is 7.20. The van der Waals surface area contributed by atoms with Crippen LogP contribution in [0.2, 0.25) is 0 Å². The van der Waals surface area contributed by atoms with Gasteiger partial charge in [0.05, 0.1) is 12.6 Å². The minimum Gasteiger partial charge on any atom is -0.394 e. The topological polar surface area (TPSA) is 66.6 Å². The van der Waals surface area contributed by atoms with E-state index in [0.29, 0.717) is 12.1 Å². The van der Waals surface area contributed by atoms with Crippen LogP contribution in [0.4, 0.5) is 0 Å². The SMILES string of the molecule is NCc1ccc(C(=O)N2CCC[C@@H]2CO)cc1. The number of hydrogen-bond acceptors (Lipinski definition) is 3. The van der Waals surface area contributed by atoms with E-state index in [0.717, 1.165) is 24.9 Å². The molecule has 3 N–H and O–H groups in total. The van der Waals surface area contributed by atoms with Gasteiger partial charge in [-0.25, -0.2) is 0 Å². The summed E-state index contributed by atoms with van der Waals surface area (Å²) in [6, 6.07) is 7.33. The average Bonchev–Trinajstić information content (AvgIpc) is 2.86. The van der Waals surface area contributed by atoms with Crippen LogP contribution < -0.4 is 5.73 Å². The molecule has 17 heavy (non-hydrogen) atoms. The van der Waals surface area contributed by atoms with Crippen LogP contribution in [0.25, 0.3) is 0 Å². The summed E-state index contributed by atoms with van der Waals surface area (Å²) in [7, 11) is 0. The molecule has 1 aromatic carbocycles. The van der Waals surface area contributed by atoms with Gasteiger partial charge in [-0.1, -0.05) is 12.1 Å². The third-order valence-electron chi connectivity index (χ3n) is 3.29. The van der Waals surface area contributed by atoms with Crippen molar-refractivity contribution in [1.82, 2.24) is 4.90 Å². The fourth-order valence-corrected chi connectivity index (χ4v) is 2.24. The monoisotopic (exact) mass is 234 g/mol. The zero-order valence-corrected chi connectivity index (χ0v) is 9.80. The Morgan fingerprint density at radius 3 is 2.71 bits per heavy atom. The molecule has 0 aliphatic carbocycles. The first-order valence-corrected chi connectivity index (χ1v) is 5.97. The number of amides is 1. The molecule has 0 spiro atoms. The van der Waals surface area contributed by atoms with Gasteiger partial charge in [0.25, 0.3) is 5.91 Å². The molecule has 92 valence electrons. The highest BCUT2D eigenvalue weighted by Crippen LogP contribution is 2.19. The zero-order valence-electron chi connectivity index (χ0n) is 9.80. The summed E-state index contributed by atoms with van der Waals surface area (Å²) in [5, 5.41) is 9.20. The minimum atomic E-state index is -0.0170. The Labute approximate surface area is 101 Å². The Morgan fingerprint density at radius 1 is 1.41 bits per heavy atom. The van der Waals surface area contributed by atoms with E-state index >= 15 is 0 Å². The molecule has 0 aromatic heterocycles. The molecule has 1 amide bonds. The summed E-state index contributed by atoms with van der Waals surface area (Å²) in [5.74, 6) is 0.00474. The lowest BCUT2D eigenvalue weighted by atomic mass is 10.1. The van der Waals surface area contributed by atoms with Crippen LogP contribution >= 0.6 is 0 Å². The van der Waals surface area contributed by atoms with Gasteiger partial charge in [0.15, 0.2) is 0 Å². The van der Waals surface area contributed by atoms with Crippen molar-refractivity contribution in [1.29, 1.82) is 0 Å². The predicted octanol–water partition coefficient (Wildman–Crippen LogP) is 0.742. The molecule has 1 aliphatic heterocycles. The van der Waals surface area contributed by atoms with Gasteiger partial charge in [-0.05, 0) is 30.5 Å². The fourth-order valence-electron chi connectivity index (χ4n) is 2.24. The van der Waals surface area contributed by atoms with Crippen molar-refractivity contribution in [2.24, 2.45) is 5.73 Å². The first kappa shape index (κ1) is 12.1. The van der Waals surface area contributed by atoms with Gasteiger partial charge in [0, 0.05) is 18.7 Å². The number of benzene rings is 1. The van der Waals surface area contributed by atoms with Crippen LogP contribution in [0.1, 0.15) is 28.8 Å². The lowest BCUT2D eigenvalue weighted by Crippen LogP contribution is -2.37. The van der Waals surface area contributed by atoms with Crippen molar-refractivity contribution in [2.45, 2.75) is 25.4 Å². The average molecular weight is 234 g/mol. The summed E-state index contributed by atoms with van der Waals surface area (Å²) >= 11 is 0. The van der Waals surface area contributed by atoms with E-state index in [4.69, 9.17) is 5.73 Å². The van der Waals surface area contributed by atoms with E-state index in [2.05, 4.69) is 0 Å². The highest BCUT2D eigenvalue weighted by molar-refractivity contribution is 5.94. The summed E-state index contributed by atoms with van der Waals surface area (Å²) in [6.07, 6.45) is 1.86. The first-order chi connectivity index (χ1) is 8.26. The number of aliphatic hydroxyl groups excluding tert-OH is 1. The van der Waals surface area contributed by atoms with Crippen molar-refractivity contribution in [2.75, 3.05) is 13.2 Å². The van der Waals surface area contributed by atoms with Crippen LogP contribution in [0.5, 0.6) is 0 Å². The van der Waals surface area contributed by atoms with Crippen LogP contribution in [-0.2, 0) is 6.54 Å². The van der Waals surface area contributed by atoms with Crippen molar-refractivity contribution in [3.05, 3.63) is 35.4 Å². The lowest BCUT2D eigenvalue weighted by molar-refractivity contribution is 0.0677. The third-order valence-corrected chi connectivity index (χ3v) is 3.29. The number of hydrogen-bond donors (Lipinski definition) is 2. The molecule has 0 saturated carbocycles. The second-order valence-corrected chi connectivity index (χ2v) is 4.38. The maximum atomic E-state index is 12.2. The highest BCUT2D eigenvalue weighted by Gasteiger charge is 2.28. The Bertz CT molecular complexity index is 389. The maximum absolute atomic E-state index is 12.2. The Kier molecular flexibility index (Phi) is 3.76. The molecular formula is C13H18N2O2. The van der Waals surface area contributed by atoms with E-state index in [1.165, 1.54) is 0 Å². The van der Waals surface area contributed by atoms with E-state index < -0.39 is 0 Å². The molecule has 2 rings (SSSR count). The number of carbonyl (C=O) groups is 1. The lowest BCUT2D eigenvalue weighted by Gasteiger charge is -2.23. The van der Waals surface area contributed by atoms with Crippen LogP contribution in [0, 0.1) is 0 Å². The van der Waals surface area contributed by atoms with Crippen molar-refractivity contribution < 1.29 is 9.90 Å². The standard InChI is InChI=1S/C13H18N2O2/c14-8-10-3-5-11(6-4-10)13(17)15-7-1-2-12(15)9-16/h3-6,12,16H,1-2,7-9,14H2/t12-/m1/s1. The third kappa shape index (κ3) is 2.48. The number of nitrogens with two attached hydrogens (primary N) is 1. The molecule has 4 heteroatoms. The normalized spacial score (nSPS) is 19.6. The fraction of sp³-hybridized carbons (Fsp3) is 0.462. The quantitative estimate of drug-likeness (QED) is 0.810. The van der Waals surface area contributed by atoms with E-state index in [1.807, 2.05) is 12.1 Å². The molecule has 4 nitrogen and oxygen atoms in total. The first-order valence-electron chi connectivity index (χ1n) is 5.97.